The summed E-state index contributed by atoms with van der Waals surface area (Å²) in [6, 6.07) is 11.2. The molecule has 4 nitrogen and oxygen atoms in total. The van der Waals surface area contributed by atoms with Gasteiger partial charge in [-0.3, -0.25) is 9.78 Å². The molecule has 1 aliphatic carbocycles. The number of fused-ring (bicyclic) bond motifs is 3. The maximum Gasteiger partial charge on any atom is 0.270 e. The van der Waals surface area contributed by atoms with Gasteiger partial charge in [-0.25, -0.2) is 0 Å². The number of carbonyl (C=O) groups excluding carboxylic acids is 1. The van der Waals surface area contributed by atoms with Crippen molar-refractivity contribution in [1.29, 1.82) is 0 Å². The lowest BCUT2D eigenvalue weighted by atomic mass is 9.91. The average Bonchev–Trinajstić information content (AvgIpc) is 2.95. The number of nitrogens with zero attached hydrogens (tertiary/aromatic N) is 1. The summed E-state index contributed by atoms with van der Waals surface area (Å²) in [4.78, 5) is 20.0. The topological polar surface area (TPSA) is 57.8 Å². The number of pyridine rings is 1. The maximum absolute atomic E-state index is 12.4. The second-order valence-electron chi connectivity index (χ2n) is 5.84. The van der Waals surface area contributed by atoms with E-state index in [1.807, 2.05) is 24.3 Å². The molecular formula is C18H16ClN3O. The van der Waals surface area contributed by atoms with Crippen molar-refractivity contribution in [2.24, 2.45) is 0 Å². The highest BCUT2D eigenvalue weighted by Gasteiger charge is 2.26. The van der Waals surface area contributed by atoms with Crippen LogP contribution in [0.2, 0.25) is 5.02 Å². The number of aryl methyl sites for hydroxylation is 1. The molecule has 23 heavy (non-hydrogen) atoms. The highest BCUT2D eigenvalue weighted by atomic mass is 35.5. The van der Waals surface area contributed by atoms with Crippen LogP contribution in [0.25, 0.3) is 10.9 Å². The molecule has 1 amide bonds. The smallest absolute Gasteiger partial charge is 0.270 e. The van der Waals surface area contributed by atoms with Crippen molar-refractivity contribution in [3.8, 4) is 0 Å². The summed E-state index contributed by atoms with van der Waals surface area (Å²) in [5.74, 6) is -0.139. The van der Waals surface area contributed by atoms with Crippen molar-refractivity contribution < 1.29 is 4.79 Å². The van der Waals surface area contributed by atoms with Crippen LogP contribution in [0.4, 0.5) is 0 Å². The van der Waals surface area contributed by atoms with Crippen molar-refractivity contribution in [2.45, 2.75) is 25.3 Å². The van der Waals surface area contributed by atoms with E-state index in [1.54, 1.807) is 18.3 Å². The number of rotatable bonds is 2. The first-order chi connectivity index (χ1) is 11.2. The minimum absolute atomic E-state index is 0.0144. The predicted molar refractivity (Wildman–Crippen MR) is 90.7 cm³/mol. The first kappa shape index (κ1) is 14.3. The monoisotopic (exact) mass is 325 g/mol. The van der Waals surface area contributed by atoms with Gasteiger partial charge in [0.25, 0.3) is 5.91 Å². The van der Waals surface area contributed by atoms with E-state index < -0.39 is 0 Å². The number of aromatic amines is 1. The van der Waals surface area contributed by atoms with E-state index in [2.05, 4.69) is 15.3 Å². The molecule has 1 aliphatic rings. The Morgan fingerprint density at radius 1 is 1.30 bits per heavy atom. The molecule has 1 atom stereocenters. The number of nitrogens with one attached hydrogen (secondary N) is 2. The Morgan fingerprint density at radius 3 is 3.04 bits per heavy atom. The van der Waals surface area contributed by atoms with Crippen LogP contribution in [0.15, 0.2) is 42.6 Å². The third kappa shape index (κ3) is 2.59. The Morgan fingerprint density at radius 2 is 2.22 bits per heavy atom. The number of carbonyl (C=O) groups is 1. The van der Waals surface area contributed by atoms with Crippen LogP contribution in [0.1, 0.15) is 40.6 Å². The summed E-state index contributed by atoms with van der Waals surface area (Å²) >= 11 is 6.13. The molecular weight excluding hydrogens is 310 g/mol. The van der Waals surface area contributed by atoms with E-state index in [0.29, 0.717) is 5.69 Å². The Kier molecular flexibility index (Phi) is 3.54. The first-order valence-corrected chi connectivity index (χ1v) is 8.12. The predicted octanol–water partition coefficient (Wildman–Crippen LogP) is 4.02. The lowest BCUT2D eigenvalue weighted by Gasteiger charge is -2.23. The summed E-state index contributed by atoms with van der Waals surface area (Å²) in [5.41, 5.74) is 3.87. The normalized spacial score (nSPS) is 17.0. The maximum atomic E-state index is 12.4. The average molecular weight is 326 g/mol. The van der Waals surface area contributed by atoms with Gasteiger partial charge in [-0.15, -0.1) is 0 Å². The molecule has 1 unspecified atom stereocenters. The van der Waals surface area contributed by atoms with Crippen LogP contribution in [0.3, 0.4) is 0 Å². The van der Waals surface area contributed by atoms with Crippen molar-refractivity contribution in [3.05, 3.63) is 64.6 Å². The Labute approximate surface area is 138 Å². The number of halogens is 1. The van der Waals surface area contributed by atoms with E-state index in [1.165, 1.54) is 5.56 Å². The van der Waals surface area contributed by atoms with E-state index >= 15 is 0 Å². The zero-order chi connectivity index (χ0) is 15.8. The van der Waals surface area contributed by atoms with Gasteiger partial charge in [-0.2, -0.15) is 0 Å². The number of amides is 1. The quantitative estimate of drug-likeness (QED) is 0.747. The Balaban J connectivity index is 1.68. The highest BCUT2D eigenvalue weighted by molar-refractivity contribution is 6.31. The minimum atomic E-state index is -0.139. The van der Waals surface area contributed by atoms with Gasteiger partial charge in [0.05, 0.1) is 6.04 Å². The van der Waals surface area contributed by atoms with Gasteiger partial charge in [-0.05, 0) is 55.2 Å². The SMILES string of the molecule is O=C(NC1CCCc2c1[nH]c1ccc(Cl)cc21)c1ccccn1. The van der Waals surface area contributed by atoms with Crippen molar-refractivity contribution in [1.82, 2.24) is 15.3 Å². The molecule has 0 radical (unpaired) electrons. The fourth-order valence-corrected chi connectivity index (χ4v) is 3.48. The van der Waals surface area contributed by atoms with Gasteiger partial charge in [0.1, 0.15) is 5.69 Å². The van der Waals surface area contributed by atoms with Gasteiger partial charge in [0, 0.05) is 27.8 Å². The molecule has 0 fully saturated rings. The zero-order valence-electron chi connectivity index (χ0n) is 12.5. The van der Waals surface area contributed by atoms with E-state index in [4.69, 9.17) is 11.6 Å². The van der Waals surface area contributed by atoms with Crippen LogP contribution < -0.4 is 5.32 Å². The van der Waals surface area contributed by atoms with Crippen LogP contribution in [0, 0.1) is 0 Å². The molecule has 1 aromatic carbocycles. The fraction of sp³-hybridized carbons (Fsp3) is 0.222. The standard InChI is InChI=1S/C18H16ClN3O/c19-11-7-8-14-13(10-11)12-4-3-6-15(17(12)21-14)22-18(23)16-5-1-2-9-20-16/h1-2,5,7-10,15,21H,3-4,6H2,(H,22,23). The molecule has 2 N–H and O–H groups in total. The lowest BCUT2D eigenvalue weighted by Crippen LogP contribution is -2.31. The summed E-state index contributed by atoms with van der Waals surface area (Å²) in [6.45, 7) is 0. The van der Waals surface area contributed by atoms with Crippen LogP contribution in [-0.2, 0) is 6.42 Å². The van der Waals surface area contributed by atoms with Crippen LogP contribution in [0.5, 0.6) is 0 Å². The molecule has 0 bridgehead atoms. The number of hydrogen-bond acceptors (Lipinski definition) is 2. The molecule has 0 aliphatic heterocycles. The molecule has 0 spiro atoms. The van der Waals surface area contributed by atoms with Crippen LogP contribution >= 0.6 is 11.6 Å². The zero-order valence-corrected chi connectivity index (χ0v) is 13.2. The third-order valence-electron chi connectivity index (χ3n) is 4.37. The van der Waals surface area contributed by atoms with E-state index in [0.717, 1.165) is 40.9 Å². The highest BCUT2D eigenvalue weighted by Crippen LogP contribution is 2.35. The molecule has 4 rings (SSSR count). The van der Waals surface area contributed by atoms with Crippen molar-refractivity contribution >= 4 is 28.4 Å². The molecule has 2 heterocycles. The van der Waals surface area contributed by atoms with Crippen molar-refractivity contribution in [3.63, 3.8) is 0 Å². The number of aromatic nitrogens is 2. The van der Waals surface area contributed by atoms with Gasteiger partial charge >= 0.3 is 0 Å². The van der Waals surface area contributed by atoms with Crippen LogP contribution in [-0.4, -0.2) is 15.9 Å². The summed E-state index contributed by atoms with van der Waals surface area (Å²) in [5, 5.41) is 4.99. The minimum Gasteiger partial charge on any atom is -0.356 e. The second kappa shape index (κ2) is 5.70. The van der Waals surface area contributed by atoms with Crippen molar-refractivity contribution in [2.75, 3.05) is 0 Å². The molecule has 0 saturated heterocycles. The summed E-state index contributed by atoms with van der Waals surface area (Å²) < 4.78 is 0. The second-order valence-corrected chi connectivity index (χ2v) is 6.28. The molecule has 116 valence electrons. The largest absolute Gasteiger partial charge is 0.356 e. The Bertz CT molecular complexity index is 873. The number of H-pyrrole nitrogens is 1. The number of benzene rings is 1. The lowest BCUT2D eigenvalue weighted by molar-refractivity contribution is 0.0927. The molecule has 3 aromatic rings. The summed E-state index contributed by atoms with van der Waals surface area (Å²) in [7, 11) is 0. The van der Waals surface area contributed by atoms with Gasteiger partial charge in [0.15, 0.2) is 0 Å². The Hall–Kier alpha value is -2.33. The molecule has 0 saturated carbocycles. The summed E-state index contributed by atoms with van der Waals surface area (Å²) in [6.07, 6.45) is 4.60. The fourth-order valence-electron chi connectivity index (χ4n) is 3.31. The first-order valence-electron chi connectivity index (χ1n) is 7.74. The molecule has 5 heteroatoms. The van der Waals surface area contributed by atoms with Gasteiger partial charge < -0.3 is 10.3 Å². The van der Waals surface area contributed by atoms with E-state index in [9.17, 15) is 4.79 Å². The van der Waals surface area contributed by atoms with Gasteiger partial charge in [0.2, 0.25) is 0 Å². The van der Waals surface area contributed by atoms with E-state index in [-0.39, 0.29) is 11.9 Å². The number of hydrogen-bond donors (Lipinski definition) is 2. The third-order valence-corrected chi connectivity index (χ3v) is 4.61. The molecule has 2 aromatic heterocycles. The van der Waals surface area contributed by atoms with Gasteiger partial charge in [-0.1, -0.05) is 17.7 Å².